The van der Waals surface area contributed by atoms with Crippen LogP contribution in [0.1, 0.15) is 16.1 Å². The highest BCUT2D eigenvalue weighted by molar-refractivity contribution is 9.11. The molecular weight excluding hydrogens is 292 g/mol. The minimum absolute atomic E-state index is 0.189. The molecule has 14 heavy (non-hydrogen) atoms. The van der Waals surface area contributed by atoms with Crippen LogP contribution in [0.4, 0.5) is 0 Å². The van der Waals surface area contributed by atoms with Crippen molar-refractivity contribution in [2.45, 2.75) is 6.42 Å². The highest BCUT2D eigenvalue weighted by Crippen LogP contribution is 2.23. The van der Waals surface area contributed by atoms with Gasteiger partial charge < -0.3 is 0 Å². The van der Waals surface area contributed by atoms with Gasteiger partial charge in [-0.1, -0.05) is 0 Å². The molecule has 0 atom stereocenters. The zero-order valence-corrected chi connectivity index (χ0v) is 10.2. The van der Waals surface area contributed by atoms with Gasteiger partial charge in [-0.2, -0.15) is 8.42 Å². The van der Waals surface area contributed by atoms with Gasteiger partial charge in [0.1, 0.15) is 0 Å². The molecule has 7 heteroatoms. The van der Waals surface area contributed by atoms with Gasteiger partial charge in [0.05, 0.1) is 14.4 Å². The molecule has 0 fully saturated rings. The standard InChI is InChI=1S/C7H7BrO4S2/c8-7-2-1-6(13-7)5(9)3-4-14(10,11)12/h1-2H,3-4H2,(H,10,11,12). The summed E-state index contributed by atoms with van der Waals surface area (Å²) in [6.07, 6.45) is -0.189. The van der Waals surface area contributed by atoms with Crippen molar-refractivity contribution in [1.82, 2.24) is 0 Å². The number of rotatable bonds is 4. The molecule has 1 N–H and O–H groups in total. The number of carbonyl (C=O) groups is 1. The largest absolute Gasteiger partial charge is 0.293 e. The van der Waals surface area contributed by atoms with E-state index < -0.39 is 15.9 Å². The van der Waals surface area contributed by atoms with Crippen molar-refractivity contribution in [3.63, 3.8) is 0 Å². The van der Waals surface area contributed by atoms with E-state index in [1.54, 1.807) is 12.1 Å². The summed E-state index contributed by atoms with van der Waals surface area (Å²) in [4.78, 5) is 11.8. The van der Waals surface area contributed by atoms with Gasteiger partial charge in [-0.15, -0.1) is 11.3 Å². The van der Waals surface area contributed by atoms with Crippen LogP contribution in [0.25, 0.3) is 0 Å². The monoisotopic (exact) mass is 298 g/mol. The van der Waals surface area contributed by atoms with Crippen LogP contribution in [0.2, 0.25) is 0 Å². The molecule has 1 aromatic rings. The van der Waals surface area contributed by atoms with E-state index in [0.29, 0.717) is 4.88 Å². The van der Waals surface area contributed by atoms with E-state index in [1.807, 2.05) is 0 Å². The van der Waals surface area contributed by atoms with Gasteiger partial charge in [0.15, 0.2) is 5.78 Å². The van der Waals surface area contributed by atoms with Crippen molar-refractivity contribution in [2.75, 3.05) is 5.75 Å². The topological polar surface area (TPSA) is 71.4 Å². The number of hydrogen-bond acceptors (Lipinski definition) is 4. The highest BCUT2D eigenvalue weighted by atomic mass is 79.9. The fourth-order valence-corrected chi connectivity index (χ4v) is 2.61. The molecule has 0 amide bonds. The highest BCUT2D eigenvalue weighted by Gasteiger charge is 2.12. The lowest BCUT2D eigenvalue weighted by Crippen LogP contribution is -2.09. The van der Waals surface area contributed by atoms with E-state index in [4.69, 9.17) is 4.55 Å². The number of carbonyl (C=O) groups excluding carboxylic acids is 1. The molecule has 0 aromatic carbocycles. The summed E-state index contributed by atoms with van der Waals surface area (Å²) in [5, 5.41) is 0. The molecule has 0 radical (unpaired) electrons. The van der Waals surface area contributed by atoms with Gasteiger partial charge in [-0.3, -0.25) is 9.35 Å². The average molecular weight is 299 g/mol. The quantitative estimate of drug-likeness (QED) is 0.681. The fourth-order valence-electron chi connectivity index (χ4n) is 0.809. The first kappa shape index (κ1) is 11.8. The summed E-state index contributed by atoms with van der Waals surface area (Å²) in [5.41, 5.74) is 0. The lowest BCUT2D eigenvalue weighted by molar-refractivity contribution is 0.0992. The summed E-state index contributed by atoms with van der Waals surface area (Å²) in [6, 6.07) is 3.33. The van der Waals surface area contributed by atoms with Crippen molar-refractivity contribution < 1.29 is 17.8 Å². The number of ketones is 1. The Morgan fingerprint density at radius 3 is 2.57 bits per heavy atom. The lowest BCUT2D eigenvalue weighted by atomic mass is 10.3. The van der Waals surface area contributed by atoms with E-state index in [1.165, 1.54) is 11.3 Å². The van der Waals surface area contributed by atoms with Crippen molar-refractivity contribution >= 4 is 43.2 Å². The molecule has 0 unspecified atom stereocenters. The molecule has 0 saturated carbocycles. The second kappa shape index (κ2) is 4.52. The smallest absolute Gasteiger partial charge is 0.265 e. The predicted molar refractivity (Wildman–Crippen MR) is 57.4 cm³/mol. The SMILES string of the molecule is O=C(CCS(=O)(=O)O)c1ccc(Br)s1. The van der Waals surface area contributed by atoms with Crippen LogP contribution in [0.5, 0.6) is 0 Å². The maximum Gasteiger partial charge on any atom is 0.265 e. The summed E-state index contributed by atoms with van der Waals surface area (Å²) >= 11 is 4.43. The Morgan fingerprint density at radius 1 is 1.50 bits per heavy atom. The Bertz CT molecular complexity index is 434. The van der Waals surface area contributed by atoms with Gasteiger partial charge in [0, 0.05) is 6.42 Å². The van der Waals surface area contributed by atoms with Crippen molar-refractivity contribution in [2.24, 2.45) is 0 Å². The Morgan fingerprint density at radius 2 is 2.14 bits per heavy atom. The summed E-state index contributed by atoms with van der Waals surface area (Å²) in [6.45, 7) is 0. The summed E-state index contributed by atoms with van der Waals surface area (Å²) in [7, 11) is -4.05. The van der Waals surface area contributed by atoms with Gasteiger partial charge in [-0.25, -0.2) is 0 Å². The molecule has 0 aliphatic carbocycles. The van der Waals surface area contributed by atoms with Gasteiger partial charge in [0.2, 0.25) is 0 Å². The first-order chi connectivity index (χ1) is 6.38. The number of thiophene rings is 1. The minimum atomic E-state index is -4.05. The van der Waals surface area contributed by atoms with Crippen molar-refractivity contribution in [1.29, 1.82) is 0 Å². The van der Waals surface area contributed by atoms with Crippen LogP contribution in [-0.4, -0.2) is 24.5 Å². The number of halogens is 1. The van der Waals surface area contributed by atoms with E-state index in [-0.39, 0.29) is 12.2 Å². The third kappa shape index (κ3) is 3.87. The van der Waals surface area contributed by atoms with Crippen LogP contribution >= 0.6 is 27.3 Å². The third-order valence-electron chi connectivity index (χ3n) is 1.44. The van der Waals surface area contributed by atoms with Crippen LogP contribution in [-0.2, 0) is 10.1 Å². The second-order valence-electron chi connectivity index (χ2n) is 2.56. The zero-order valence-electron chi connectivity index (χ0n) is 6.94. The fraction of sp³-hybridized carbons (Fsp3) is 0.286. The predicted octanol–water partition coefficient (Wildman–Crippen LogP) is 1.97. The Kier molecular flexibility index (Phi) is 3.82. The number of Topliss-reactive ketones (excluding diaryl/α,β-unsaturated/α-hetero) is 1. The first-order valence-corrected chi connectivity index (χ1v) is 6.84. The van der Waals surface area contributed by atoms with Crippen molar-refractivity contribution in [3.05, 3.63) is 20.8 Å². The molecule has 1 aromatic heterocycles. The maximum atomic E-state index is 11.3. The Balaban J connectivity index is 2.60. The Labute approximate surface area is 93.8 Å². The molecule has 0 aliphatic heterocycles. The molecule has 0 bridgehead atoms. The molecule has 1 heterocycles. The molecule has 0 aliphatic rings. The molecule has 1 rings (SSSR count). The third-order valence-corrected chi connectivity index (χ3v) is 3.82. The first-order valence-electron chi connectivity index (χ1n) is 3.62. The second-order valence-corrected chi connectivity index (χ2v) is 6.60. The van der Waals surface area contributed by atoms with Gasteiger partial charge in [-0.05, 0) is 28.1 Å². The van der Waals surface area contributed by atoms with Crippen LogP contribution in [0.3, 0.4) is 0 Å². The number of hydrogen-bond donors (Lipinski definition) is 1. The van der Waals surface area contributed by atoms with E-state index in [0.717, 1.165) is 3.79 Å². The average Bonchev–Trinajstić information content (AvgIpc) is 2.46. The van der Waals surface area contributed by atoms with Crippen molar-refractivity contribution in [3.8, 4) is 0 Å². The normalized spacial score (nSPS) is 11.6. The summed E-state index contributed by atoms with van der Waals surface area (Å²) in [5.74, 6) is -0.806. The summed E-state index contributed by atoms with van der Waals surface area (Å²) < 4.78 is 30.0. The Hall–Kier alpha value is -0.240. The lowest BCUT2D eigenvalue weighted by Gasteiger charge is -1.95. The minimum Gasteiger partial charge on any atom is -0.293 e. The van der Waals surface area contributed by atoms with Gasteiger partial charge >= 0.3 is 0 Å². The zero-order chi connectivity index (χ0) is 10.8. The molecule has 4 nitrogen and oxygen atoms in total. The molecular formula is C7H7BrO4S2. The van der Waals surface area contributed by atoms with Gasteiger partial charge in [0.25, 0.3) is 10.1 Å². The molecule has 0 spiro atoms. The van der Waals surface area contributed by atoms with Crippen LogP contribution < -0.4 is 0 Å². The van der Waals surface area contributed by atoms with E-state index >= 15 is 0 Å². The van der Waals surface area contributed by atoms with Crippen LogP contribution in [0.15, 0.2) is 15.9 Å². The maximum absolute atomic E-state index is 11.3. The van der Waals surface area contributed by atoms with E-state index in [2.05, 4.69) is 15.9 Å². The molecule has 78 valence electrons. The van der Waals surface area contributed by atoms with Crippen LogP contribution in [0, 0.1) is 0 Å². The van der Waals surface area contributed by atoms with E-state index in [9.17, 15) is 13.2 Å². The molecule has 0 saturated heterocycles.